The van der Waals surface area contributed by atoms with E-state index in [1.807, 2.05) is 61.5 Å². The fraction of sp³-hybridized carbons (Fsp3) is 0.0667. The summed E-state index contributed by atoms with van der Waals surface area (Å²) in [6.07, 6.45) is 0.871. The fourth-order valence-corrected chi connectivity index (χ4v) is 1.65. The molecule has 2 rings (SSSR count). The van der Waals surface area contributed by atoms with Gasteiger partial charge in [0.1, 0.15) is 0 Å². The molecule has 0 unspecified atom stereocenters. The van der Waals surface area contributed by atoms with Gasteiger partial charge in [-0.05, 0) is 31.2 Å². The minimum atomic E-state index is -0.518. The molecule has 3 N–H and O–H groups in total. The van der Waals surface area contributed by atoms with Crippen molar-refractivity contribution in [3.8, 4) is 0 Å². The van der Waals surface area contributed by atoms with Crippen molar-refractivity contribution in [2.24, 2.45) is 0 Å². The smallest absolute Gasteiger partial charge is 0.276 e. The molecule has 0 aliphatic rings. The molecule has 0 amide bonds. The minimum absolute atomic E-state index is 0.243. The van der Waals surface area contributed by atoms with Crippen molar-refractivity contribution in [1.82, 2.24) is 5.43 Å². The van der Waals surface area contributed by atoms with E-state index in [1.54, 1.807) is 0 Å². The van der Waals surface area contributed by atoms with Crippen LogP contribution in [-0.2, 0) is 0 Å². The van der Waals surface area contributed by atoms with Crippen LogP contribution in [0.15, 0.2) is 66.6 Å². The Labute approximate surface area is 122 Å². The third-order valence-corrected chi connectivity index (χ3v) is 2.68. The predicted molar refractivity (Wildman–Crippen MR) is 83.1 cm³/mol. The van der Waals surface area contributed by atoms with Crippen LogP contribution in [0.1, 0.15) is 5.56 Å². The molecule has 2 aromatic rings. The van der Waals surface area contributed by atoms with Gasteiger partial charge in [0.15, 0.2) is 5.82 Å². The standard InChI is InChI=1S/C15H16N4O2/c1-12-7-9-13(10-8-12)16-15(11-19(20)21)18-17-14-5-3-2-4-6-14/h2-11,16-18H,1H3/b15-11-. The molecule has 2 aromatic carbocycles. The highest BCUT2D eigenvalue weighted by molar-refractivity contribution is 5.49. The van der Waals surface area contributed by atoms with Crippen LogP contribution in [0.25, 0.3) is 0 Å². The summed E-state index contributed by atoms with van der Waals surface area (Å²) in [4.78, 5) is 10.2. The minimum Gasteiger partial charge on any atom is -0.336 e. The average molecular weight is 284 g/mol. The van der Waals surface area contributed by atoms with Crippen molar-refractivity contribution in [1.29, 1.82) is 0 Å². The molecule has 0 fully saturated rings. The normalized spacial score (nSPS) is 10.8. The summed E-state index contributed by atoms with van der Waals surface area (Å²) in [5.74, 6) is 0.243. The van der Waals surface area contributed by atoms with E-state index in [0.29, 0.717) is 0 Å². The van der Waals surface area contributed by atoms with Crippen molar-refractivity contribution in [2.75, 3.05) is 10.7 Å². The number of para-hydroxylation sites is 1. The van der Waals surface area contributed by atoms with Gasteiger partial charge in [-0.1, -0.05) is 35.9 Å². The van der Waals surface area contributed by atoms with Crippen LogP contribution >= 0.6 is 0 Å². The third kappa shape index (κ3) is 4.87. The summed E-state index contributed by atoms with van der Waals surface area (Å²) in [7, 11) is 0. The Morgan fingerprint density at radius 1 is 1.05 bits per heavy atom. The molecule has 0 bridgehead atoms. The second-order valence-corrected chi connectivity index (χ2v) is 4.44. The van der Waals surface area contributed by atoms with Crippen molar-refractivity contribution >= 4 is 11.4 Å². The molecule has 0 aliphatic carbocycles. The molecule has 0 atom stereocenters. The lowest BCUT2D eigenvalue weighted by atomic mass is 10.2. The molecule has 6 nitrogen and oxygen atoms in total. The number of hydrazine groups is 1. The Bertz CT molecular complexity index is 624. The molecule has 0 spiro atoms. The van der Waals surface area contributed by atoms with E-state index in [9.17, 15) is 10.1 Å². The second kappa shape index (κ2) is 6.95. The first-order valence-electron chi connectivity index (χ1n) is 6.39. The zero-order chi connectivity index (χ0) is 15.1. The number of hydrogen-bond donors (Lipinski definition) is 3. The Kier molecular flexibility index (Phi) is 4.76. The van der Waals surface area contributed by atoms with Gasteiger partial charge in [-0.2, -0.15) is 0 Å². The van der Waals surface area contributed by atoms with E-state index in [0.717, 1.165) is 23.1 Å². The zero-order valence-electron chi connectivity index (χ0n) is 11.5. The predicted octanol–water partition coefficient (Wildman–Crippen LogP) is 3.10. The highest BCUT2D eigenvalue weighted by Crippen LogP contribution is 2.11. The number of anilines is 2. The fourth-order valence-electron chi connectivity index (χ4n) is 1.65. The zero-order valence-corrected chi connectivity index (χ0v) is 11.5. The largest absolute Gasteiger partial charge is 0.336 e. The number of nitrogens with zero attached hydrogens (tertiary/aromatic N) is 1. The van der Waals surface area contributed by atoms with Crippen LogP contribution < -0.4 is 16.2 Å². The van der Waals surface area contributed by atoms with Crippen LogP contribution in [0.3, 0.4) is 0 Å². The molecule has 108 valence electrons. The number of benzene rings is 2. The van der Waals surface area contributed by atoms with Crippen LogP contribution in [0.5, 0.6) is 0 Å². The van der Waals surface area contributed by atoms with Gasteiger partial charge in [0.05, 0.1) is 10.6 Å². The molecule has 0 saturated heterocycles. The molecule has 0 radical (unpaired) electrons. The number of hydrogen-bond acceptors (Lipinski definition) is 5. The quantitative estimate of drug-likeness (QED) is 0.561. The number of nitro groups is 1. The molecular formula is C15H16N4O2. The maximum Gasteiger partial charge on any atom is 0.276 e. The van der Waals surface area contributed by atoms with E-state index < -0.39 is 4.92 Å². The lowest BCUT2D eigenvalue weighted by Crippen LogP contribution is -2.26. The third-order valence-electron chi connectivity index (χ3n) is 2.68. The van der Waals surface area contributed by atoms with Gasteiger partial charge < -0.3 is 5.32 Å². The van der Waals surface area contributed by atoms with E-state index in [2.05, 4.69) is 16.2 Å². The van der Waals surface area contributed by atoms with E-state index >= 15 is 0 Å². The molecular weight excluding hydrogens is 268 g/mol. The Balaban J connectivity index is 2.04. The van der Waals surface area contributed by atoms with Crippen LogP contribution in [0.2, 0.25) is 0 Å². The SMILES string of the molecule is Cc1ccc(N/C(=C/[N+](=O)[O-])NNc2ccccc2)cc1. The molecule has 0 heterocycles. The van der Waals surface area contributed by atoms with Crippen molar-refractivity contribution in [2.45, 2.75) is 6.92 Å². The highest BCUT2D eigenvalue weighted by Gasteiger charge is 2.03. The van der Waals surface area contributed by atoms with Gasteiger partial charge in [-0.3, -0.25) is 21.0 Å². The number of nitrogens with one attached hydrogen (secondary N) is 3. The van der Waals surface area contributed by atoms with Gasteiger partial charge in [0.25, 0.3) is 6.20 Å². The van der Waals surface area contributed by atoms with Crippen LogP contribution in [-0.4, -0.2) is 4.92 Å². The van der Waals surface area contributed by atoms with Gasteiger partial charge in [-0.25, -0.2) is 0 Å². The summed E-state index contributed by atoms with van der Waals surface area (Å²) in [6.45, 7) is 1.98. The summed E-state index contributed by atoms with van der Waals surface area (Å²) < 4.78 is 0. The summed E-state index contributed by atoms with van der Waals surface area (Å²) >= 11 is 0. The monoisotopic (exact) mass is 284 g/mol. The Hall–Kier alpha value is -3.02. The van der Waals surface area contributed by atoms with Crippen LogP contribution in [0, 0.1) is 17.0 Å². The van der Waals surface area contributed by atoms with Crippen LogP contribution in [0.4, 0.5) is 11.4 Å². The van der Waals surface area contributed by atoms with Crippen molar-refractivity contribution in [3.63, 3.8) is 0 Å². The first kappa shape index (κ1) is 14.4. The van der Waals surface area contributed by atoms with Gasteiger partial charge in [0, 0.05) is 5.69 Å². The number of aryl methyl sites for hydroxylation is 1. The van der Waals surface area contributed by atoms with Crippen molar-refractivity contribution < 1.29 is 4.92 Å². The maximum absolute atomic E-state index is 10.7. The van der Waals surface area contributed by atoms with Gasteiger partial charge in [-0.15, -0.1) is 0 Å². The highest BCUT2D eigenvalue weighted by atomic mass is 16.6. The molecule has 6 heteroatoms. The van der Waals surface area contributed by atoms with Gasteiger partial charge in [0.2, 0.25) is 0 Å². The van der Waals surface area contributed by atoms with Crippen molar-refractivity contribution in [3.05, 3.63) is 82.3 Å². The summed E-state index contributed by atoms with van der Waals surface area (Å²) in [6, 6.07) is 16.9. The molecule has 0 aromatic heterocycles. The molecule has 21 heavy (non-hydrogen) atoms. The maximum atomic E-state index is 10.7. The summed E-state index contributed by atoms with van der Waals surface area (Å²) in [5, 5.41) is 13.6. The lowest BCUT2D eigenvalue weighted by Gasteiger charge is -2.13. The summed E-state index contributed by atoms with van der Waals surface area (Å²) in [5.41, 5.74) is 8.37. The van der Waals surface area contributed by atoms with Gasteiger partial charge >= 0.3 is 0 Å². The average Bonchev–Trinajstić information content (AvgIpc) is 2.48. The first-order valence-corrected chi connectivity index (χ1v) is 6.39. The Morgan fingerprint density at radius 3 is 2.33 bits per heavy atom. The Morgan fingerprint density at radius 2 is 1.71 bits per heavy atom. The second-order valence-electron chi connectivity index (χ2n) is 4.44. The molecule has 0 aliphatic heterocycles. The first-order chi connectivity index (χ1) is 10.1. The van der Waals surface area contributed by atoms with E-state index in [-0.39, 0.29) is 5.82 Å². The van der Waals surface area contributed by atoms with E-state index in [4.69, 9.17) is 0 Å². The van der Waals surface area contributed by atoms with E-state index in [1.165, 1.54) is 0 Å². The molecule has 0 saturated carbocycles. The topological polar surface area (TPSA) is 79.2 Å². The number of rotatable bonds is 6. The lowest BCUT2D eigenvalue weighted by molar-refractivity contribution is -0.403.